The number of nitrogens with zero attached hydrogens (tertiary/aromatic N) is 4. The van der Waals surface area contributed by atoms with E-state index in [-0.39, 0.29) is 0 Å². The molecular weight excluding hydrogens is 183 g/mol. The van der Waals surface area contributed by atoms with E-state index in [1.165, 1.54) is 17.1 Å². The van der Waals surface area contributed by atoms with Crippen LogP contribution in [0.3, 0.4) is 0 Å². The van der Waals surface area contributed by atoms with Crippen molar-refractivity contribution in [3.63, 3.8) is 0 Å². The van der Waals surface area contributed by atoms with Crippen LogP contribution in [0.25, 0.3) is 11.9 Å². The van der Waals surface area contributed by atoms with Crippen LogP contribution in [0, 0.1) is 5.82 Å². The molecule has 14 heavy (non-hydrogen) atoms. The Hall–Kier alpha value is -2.04. The quantitative estimate of drug-likeness (QED) is 0.719. The van der Waals surface area contributed by atoms with E-state index in [1.807, 2.05) is 0 Å². The summed E-state index contributed by atoms with van der Waals surface area (Å²) in [7, 11) is 0. The molecule has 0 fully saturated rings. The standard InChI is InChI=1S/C9H7FN4/c1-2-8-4-12-9(5-11-8)14-6-7(10)3-13-14/h2-6H,1H2. The van der Waals surface area contributed by atoms with Gasteiger partial charge in [0.25, 0.3) is 0 Å². The van der Waals surface area contributed by atoms with Gasteiger partial charge in [0.15, 0.2) is 11.6 Å². The molecule has 0 amide bonds. The highest BCUT2D eigenvalue weighted by Gasteiger charge is 2.00. The van der Waals surface area contributed by atoms with E-state index in [9.17, 15) is 4.39 Å². The third kappa shape index (κ3) is 1.52. The molecule has 0 unspecified atom stereocenters. The van der Waals surface area contributed by atoms with Gasteiger partial charge in [0.1, 0.15) is 0 Å². The van der Waals surface area contributed by atoms with Gasteiger partial charge in [0.2, 0.25) is 0 Å². The van der Waals surface area contributed by atoms with E-state index in [2.05, 4.69) is 21.6 Å². The third-order valence-electron chi connectivity index (χ3n) is 1.65. The zero-order valence-corrected chi connectivity index (χ0v) is 7.26. The highest BCUT2D eigenvalue weighted by molar-refractivity contribution is 5.40. The fourth-order valence-electron chi connectivity index (χ4n) is 0.981. The molecule has 0 saturated carbocycles. The van der Waals surface area contributed by atoms with E-state index in [0.717, 1.165) is 6.20 Å². The maximum absolute atomic E-state index is 12.6. The minimum Gasteiger partial charge on any atom is -0.251 e. The first-order valence-corrected chi connectivity index (χ1v) is 3.94. The molecule has 4 nitrogen and oxygen atoms in total. The van der Waals surface area contributed by atoms with E-state index in [0.29, 0.717) is 11.5 Å². The van der Waals surface area contributed by atoms with Crippen LogP contribution in [-0.2, 0) is 0 Å². The summed E-state index contributed by atoms with van der Waals surface area (Å²) in [4.78, 5) is 8.05. The molecule has 0 radical (unpaired) electrons. The van der Waals surface area contributed by atoms with Crippen LogP contribution < -0.4 is 0 Å². The molecule has 0 bridgehead atoms. The first kappa shape index (κ1) is 8.55. The van der Waals surface area contributed by atoms with Crippen LogP contribution in [-0.4, -0.2) is 19.7 Å². The lowest BCUT2D eigenvalue weighted by Gasteiger charge is -1.98. The van der Waals surface area contributed by atoms with Gasteiger partial charge in [-0.05, 0) is 6.08 Å². The summed E-state index contributed by atoms with van der Waals surface area (Å²) in [6, 6.07) is 0. The molecule has 0 spiro atoms. The molecule has 70 valence electrons. The second kappa shape index (κ2) is 3.37. The number of aromatic nitrogens is 4. The average molecular weight is 190 g/mol. The maximum Gasteiger partial charge on any atom is 0.171 e. The Kier molecular flexibility index (Phi) is 2.06. The van der Waals surface area contributed by atoms with Gasteiger partial charge in [-0.3, -0.25) is 4.98 Å². The van der Waals surface area contributed by atoms with Gasteiger partial charge in [-0.15, -0.1) is 0 Å². The van der Waals surface area contributed by atoms with Crippen LogP contribution in [0.15, 0.2) is 31.4 Å². The van der Waals surface area contributed by atoms with Crippen LogP contribution in [0.4, 0.5) is 4.39 Å². The van der Waals surface area contributed by atoms with Crippen molar-refractivity contribution in [1.29, 1.82) is 0 Å². The van der Waals surface area contributed by atoms with Gasteiger partial charge in [0, 0.05) is 0 Å². The lowest BCUT2D eigenvalue weighted by atomic mass is 10.4. The summed E-state index contributed by atoms with van der Waals surface area (Å²) in [6.07, 6.45) is 6.98. The van der Waals surface area contributed by atoms with Crippen LogP contribution in [0.5, 0.6) is 0 Å². The second-order valence-corrected chi connectivity index (χ2v) is 2.61. The third-order valence-corrected chi connectivity index (χ3v) is 1.65. The van der Waals surface area contributed by atoms with E-state index < -0.39 is 5.82 Å². The highest BCUT2D eigenvalue weighted by atomic mass is 19.1. The predicted octanol–water partition coefficient (Wildman–Crippen LogP) is 1.44. The summed E-state index contributed by atoms with van der Waals surface area (Å²) in [6.45, 7) is 3.55. The van der Waals surface area contributed by atoms with Crippen molar-refractivity contribution in [3.05, 3.63) is 42.9 Å². The predicted molar refractivity (Wildman–Crippen MR) is 49.2 cm³/mol. The highest BCUT2D eigenvalue weighted by Crippen LogP contribution is 2.03. The Morgan fingerprint density at radius 3 is 2.64 bits per heavy atom. The molecule has 5 heteroatoms. The Morgan fingerprint density at radius 2 is 2.14 bits per heavy atom. The number of halogens is 1. The van der Waals surface area contributed by atoms with Crippen molar-refractivity contribution < 1.29 is 4.39 Å². The molecule has 0 aliphatic rings. The normalized spacial score (nSPS) is 10.1. The zero-order valence-electron chi connectivity index (χ0n) is 7.26. The summed E-state index contributed by atoms with van der Waals surface area (Å²) in [5.41, 5.74) is 0.668. The second-order valence-electron chi connectivity index (χ2n) is 2.61. The summed E-state index contributed by atoms with van der Waals surface area (Å²) in [5, 5.41) is 3.75. The van der Waals surface area contributed by atoms with Crippen LogP contribution >= 0.6 is 0 Å². The lowest BCUT2D eigenvalue weighted by molar-refractivity contribution is 0.627. The van der Waals surface area contributed by atoms with Gasteiger partial charge in [0.05, 0.1) is 30.5 Å². The molecule has 2 aromatic rings. The smallest absolute Gasteiger partial charge is 0.171 e. The molecule has 0 aromatic carbocycles. The molecule has 2 heterocycles. The Balaban J connectivity index is 2.38. The largest absolute Gasteiger partial charge is 0.251 e. The number of hydrogen-bond donors (Lipinski definition) is 0. The van der Waals surface area contributed by atoms with Gasteiger partial charge < -0.3 is 0 Å². The number of rotatable bonds is 2. The first-order chi connectivity index (χ1) is 6.79. The SMILES string of the molecule is C=Cc1cnc(-n2cc(F)cn2)cn1. The van der Waals surface area contributed by atoms with Crippen molar-refractivity contribution in [2.75, 3.05) is 0 Å². The summed E-state index contributed by atoms with van der Waals surface area (Å²) >= 11 is 0. The Labute approximate surface area is 79.7 Å². The van der Waals surface area contributed by atoms with Crippen molar-refractivity contribution in [1.82, 2.24) is 19.7 Å². The monoisotopic (exact) mass is 190 g/mol. The summed E-state index contributed by atoms with van der Waals surface area (Å²) in [5.74, 6) is 0.0686. The van der Waals surface area contributed by atoms with Gasteiger partial charge in [-0.2, -0.15) is 5.10 Å². The van der Waals surface area contributed by atoms with Crippen molar-refractivity contribution in [2.45, 2.75) is 0 Å². The molecule has 0 N–H and O–H groups in total. The Bertz CT molecular complexity index is 446. The van der Waals surface area contributed by atoms with E-state index in [1.54, 1.807) is 12.3 Å². The van der Waals surface area contributed by atoms with Gasteiger partial charge in [-0.25, -0.2) is 14.1 Å². The molecule has 0 atom stereocenters. The van der Waals surface area contributed by atoms with E-state index >= 15 is 0 Å². The molecule has 0 aliphatic heterocycles. The van der Waals surface area contributed by atoms with Gasteiger partial charge >= 0.3 is 0 Å². The van der Waals surface area contributed by atoms with Crippen molar-refractivity contribution in [2.24, 2.45) is 0 Å². The Morgan fingerprint density at radius 1 is 1.29 bits per heavy atom. The van der Waals surface area contributed by atoms with Crippen LogP contribution in [0.2, 0.25) is 0 Å². The molecule has 2 rings (SSSR count). The minimum absolute atomic E-state index is 0.403. The zero-order chi connectivity index (χ0) is 9.97. The summed E-state index contributed by atoms with van der Waals surface area (Å²) < 4.78 is 13.9. The fourth-order valence-corrected chi connectivity index (χ4v) is 0.981. The lowest BCUT2D eigenvalue weighted by Crippen LogP contribution is -1.98. The average Bonchev–Trinajstić information content (AvgIpc) is 2.65. The number of hydrogen-bond acceptors (Lipinski definition) is 3. The molecule has 0 aliphatic carbocycles. The van der Waals surface area contributed by atoms with Gasteiger partial charge in [-0.1, -0.05) is 6.58 Å². The topological polar surface area (TPSA) is 43.6 Å². The first-order valence-electron chi connectivity index (χ1n) is 3.94. The molecule has 2 aromatic heterocycles. The fraction of sp³-hybridized carbons (Fsp3) is 0. The molecule has 0 saturated heterocycles. The van der Waals surface area contributed by atoms with E-state index in [4.69, 9.17) is 0 Å². The maximum atomic E-state index is 12.6. The molecular formula is C9H7FN4. The minimum atomic E-state index is -0.403. The van der Waals surface area contributed by atoms with Crippen molar-refractivity contribution >= 4 is 6.08 Å². The van der Waals surface area contributed by atoms with Crippen molar-refractivity contribution in [3.8, 4) is 5.82 Å². The van der Waals surface area contributed by atoms with Crippen LogP contribution in [0.1, 0.15) is 5.69 Å².